The van der Waals surface area contributed by atoms with Gasteiger partial charge in [0.2, 0.25) is 5.82 Å². The van der Waals surface area contributed by atoms with E-state index in [0.29, 0.717) is 17.1 Å². The van der Waals surface area contributed by atoms with Gasteiger partial charge in [-0.1, -0.05) is 22.3 Å². The molecule has 0 atom stereocenters. The Morgan fingerprint density at radius 1 is 1.07 bits per heavy atom. The van der Waals surface area contributed by atoms with Crippen LogP contribution in [0.25, 0.3) is 11.4 Å². The van der Waals surface area contributed by atoms with E-state index in [0.717, 1.165) is 16.7 Å². The molecule has 2 aromatic carbocycles. The van der Waals surface area contributed by atoms with Crippen molar-refractivity contribution in [2.75, 3.05) is 13.7 Å². The number of benzene rings is 2. The van der Waals surface area contributed by atoms with Crippen LogP contribution < -0.4 is 10.1 Å². The van der Waals surface area contributed by atoms with Gasteiger partial charge < -0.3 is 19.3 Å². The third-order valence-electron chi connectivity index (χ3n) is 4.05. The van der Waals surface area contributed by atoms with Crippen LogP contribution in [-0.2, 0) is 16.1 Å². The number of esters is 1. The molecule has 8 heteroatoms. The Balaban J connectivity index is 1.49. The lowest BCUT2D eigenvalue weighted by atomic mass is 10.1. The maximum atomic E-state index is 12.2. The number of ether oxygens (including phenoxy) is 2. The molecular formula is C21H21N3O5. The van der Waals surface area contributed by atoms with E-state index in [4.69, 9.17) is 14.0 Å². The molecule has 0 spiro atoms. The molecule has 0 saturated carbocycles. The molecule has 0 bridgehead atoms. The molecule has 0 aliphatic heterocycles. The molecular weight excluding hydrogens is 374 g/mol. The highest BCUT2D eigenvalue weighted by Crippen LogP contribution is 2.19. The molecule has 0 aliphatic rings. The van der Waals surface area contributed by atoms with Crippen molar-refractivity contribution >= 4 is 11.9 Å². The topological polar surface area (TPSA) is 104 Å². The molecule has 3 rings (SSSR count). The summed E-state index contributed by atoms with van der Waals surface area (Å²) in [4.78, 5) is 28.2. The summed E-state index contributed by atoms with van der Waals surface area (Å²) in [6.45, 7) is 3.37. The number of amides is 1. The quantitative estimate of drug-likeness (QED) is 0.614. The van der Waals surface area contributed by atoms with Crippen LogP contribution in [-0.4, -0.2) is 35.7 Å². The van der Waals surface area contributed by atoms with E-state index in [1.807, 2.05) is 19.9 Å². The Labute approximate surface area is 167 Å². The lowest BCUT2D eigenvalue weighted by molar-refractivity contribution is -0.144. The molecule has 0 fully saturated rings. The minimum atomic E-state index is -0.605. The van der Waals surface area contributed by atoms with Crippen molar-refractivity contribution in [1.29, 1.82) is 0 Å². The summed E-state index contributed by atoms with van der Waals surface area (Å²) in [5.74, 6) is 0.307. The number of carbonyl (C=O) groups is 2. The van der Waals surface area contributed by atoms with E-state index in [2.05, 4.69) is 15.5 Å². The predicted octanol–water partition coefficient (Wildman–Crippen LogP) is 2.84. The van der Waals surface area contributed by atoms with Gasteiger partial charge >= 0.3 is 5.97 Å². The van der Waals surface area contributed by atoms with Crippen molar-refractivity contribution in [3.05, 3.63) is 65.0 Å². The van der Waals surface area contributed by atoms with E-state index in [1.165, 1.54) is 0 Å². The monoisotopic (exact) mass is 395 g/mol. The number of aromatic nitrogens is 2. The number of methoxy groups -OCH3 is 1. The third kappa shape index (κ3) is 5.41. The molecule has 3 aromatic rings. The number of nitrogens with zero attached hydrogens (tertiary/aromatic N) is 2. The Kier molecular flexibility index (Phi) is 6.23. The van der Waals surface area contributed by atoms with Gasteiger partial charge in [0.1, 0.15) is 12.3 Å². The molecule has 1 amide bonds. The summed E-state index contributed by atoms with van der Waals surface area (Å²) in [6, 6.07) is 12.6. The first-order valence-corrected chi connectivity index (χ1v) is 8.94. The van der Waals surface area contributed by atoms with Crippen LogP contribution in [0.4, 0.5) is 0 Å². The number of hydrogen-bond donors (Lipinski definition) is 1. The second-order valence-corrected chi connectivity index (χ2v) is 6.46. The molecule has 29 heavy (non-hydrogen) atoms. The molecule has 0 aliphatic carbocycles. The summed E-state index contributed by atoms with van der Waals surface area (Å²) in [5.41, 5.74) is 3.19. The summed E-state index contributed by atoms with van der Waals surface area (Å²) in [6.07, 6.45) is 0. The number of carbonyl (C=O) groups excluding carboxylic acids is 2. The van der Waals surface area contributed by atoms with Crippen LogP contribution in [0.5, 0.6) is 5.75 Å². The maximum absolute atomic E-state index is 12.2. The standard InChI is InChI=1S/C21H21N3O5/c1-13-8-14(2)10-16(9-13)21(26)22-11-19(25)28-12-18-23-20(24-29-18)15-4-6-17(27-3)7-5-15/h4-10H,11-12H2,1-3H3,(H,22,26). The van der Waals surface area contributed by atoms with Crippen molar-refractivity contribution in [2.24, 2.45) is 0 Å². The highest BCUT2D eigenvalue weighted by atomic mass is 16.6. The van der Waals surface area contributed by atoms with E-state index in [-0.39, 0.29) is 24.9 Å². The molecule has 1 aromatic heterocycles. The van der Waals surface area contributed by atoms with Gasteiger partial charge in [0.15, 0.2) is 6.61 Å². The second-order valence-electron chi connectivity index (χ2n) is 6.46. The number of aryl methyl sites for hydroxylation is 2. The number of hydrogen-bond acceptors (Lipinski definition) is 7. The lowest BCUT2D eigenvalue weighted by Gasteiger charge is -2.07. The van der Waals surface area contributed by atoms with Gasteiger partial charge in [0.05, 0.1) is 7.11 Å². The minimum absolute atomic E-state index is 0.157. The highest BCUT2D eigenvalue weighted by molar-refractivity contribution is 5.96. The van der Waals surface area contributed by atoms with Crippen molar-refractivity contribution in [3.63, 3.8) is 0 Å². The Morgan fingerprint density at radius 2 is 1.76 bits per heavy atom. The zero-order valence-electron chi connectivity index (χ0n) is 16.4. The lowest BCUT2D eigenvalue weighted by Crippen LogP contribution is -2.30. The van der Waals surface area contributed by atoms with Crippen LogP contribution in [0.2, 0.25) is 0 Å². The van der Waals surface area contributed by atoms with Crippen molar-refractivity contribution in [1.82, 2.24) is 15.5 Å². The molecule has 0 radical (unpaired) electrons. The summed E-state index contributed by atoms with van der Waals surface area (Å²) < 4.78 is 15.3. The maximum Gasteiger partial charge on any atom is 0.325 e. The van der Waals surface area contributed by atoms with Crippen LogP contribution in [0.15, 0.2) is 47.0 Å². The Morgan fingerprint density at radius 3 is 2.41 bits per heavy atom. The summed E-state index contributed by atoms with van der Waals surface area (Å²) in [5, 5.41) is 6.40. The number of nitrogens with one attached hydrogen (secondary N) is 1. The fourth-order valence-electron chi connectivity index (χ4n) is 2.72. The van der Waals surface area contributed by atoms with Crippen molar-refractivity contribution in [3.8, 4) is 17.1 Å². The normalized spacial score (nSPS) is 10.4. The Hall–Kier alpha value is -3.68. The van der Waals surface area contributed by atoms with Crippen LogP contribution >= 0.6 is 0 Å². The summed E-state index contributed by atoms with van der Waals surface area (Å²) >= 11 is 0. The van der Waals surface area contributed by atoms with Crippen LogP contribution in [0.1, 0.15) is 27.4 Å². The van der Waals surface area contributed by atoms with Gasteiger partial charge in [-0.2, -0.15) is 4.98 Å². The zero-order valence-corrected chi connectivity index (χ0v) is 16.4. The fourth-order valence-corrected chi connectivity index (χ4v) is 2.72. The van der Waals surface area contributed by atoms with Gasteiger partial charge in [-0.3, -0.25) is 9.59 Å². The molecule has 0 saturated heterocycles. The van der Waals surface area contributed by atoms with E-state index in [1.54, 1.807) is 43.5 Å². The fraction of sp³-hybridized carbons (Fsp3) is 0.238. The molecule has 8 nitrogen and oxygen atoms in total. The SMILES string of the molecule is COc1ccc(-c2noc(COC(=O)CNC(=O)c3cc(C)cc(C)c3)n2)cc1. The average molecular weight is 395 g/mol. The molecule has 1 N–H and O–H groups in total. The highest BCUT2D eigenvalue weighted by Gasteiger charge is 2.13. The van der Waals surface area contributed by atoms with Crippen molar-refractivity contribution < 1.29 is 23.6 Å². The van der Waals surface area contributed by atoms with Gasteiger partial charge in [-0.05, 0) is 50.2 Å². The third-order valence-corrected chi connectivity index (χ3v) is 4.05. The van der Waals surface area contributed by atoms with Crippen LogP contribution in [0, 0.1) is 13.8 Å². The first-order valence-electron chi connectivity index (χ1n) is 8.94. The van der Waals surface area contributed by atoms with E-state index in [9.17, 15) is 9.59 Å². The van der Waals surface area contributed by atoms with Gasteiger partial charge in [0.25, 0.3) is 11.8 Å². The number of rotatable bonds is 7. The molecule has 1 heterocycles. The van der Waals surface area contributed by atoms with Gasteiger partial charge in [-0.15, -0.1) is 0 Å². The van der Waals surface area contributed by atoms with E-state index >= 15 is 0 Å². The minimum Gasteiger partial charge on any atom is -0.497 e. The largest absolute Gasteiger partial charge is 0.497 e. The Bertz CT molecular complexity index is 991. The van der Waals surface area contributed by atoms with Gasteiger partial charge in [0, 0.05) is 11.1 Å². The summed E-state index contributed by atoms with van der Waals surface area (Å²) in [7, 11) is 1.58. The predicted molar refractivity (Wildman–Crippen MR) is 104 cm³/mol. The second kappa shape index (κ2) is 9.01. The zero-order chi connectivity index (χ0) is 20.8. The molecule has 0 unspecified atom stereocenters. The first-order chi connectivity index (χ1) is 13.9. The smallest absolute Gasteiger partial charge is 0.325 e. The van der Waals surface area contributed by atoms with Crippen LogP contribution in [0.3, 0.4) is 0 Å². The first kappa shape index (κ1) is 20.1. The van der Waals surface area contributed by atoms with Gasteiger partial charge in [-0.25, -0.2) is 0 Å². The molecule has 150 valence electrons. The average Bonchev–Trinajstić information content (AvgIpc) is 3.19. The van der Waals surface area contributed by atoms with E-state index < -0.39 is 5.97 Å². The van der Waals surface area contributed by atoms with Crippen molar-refractivity contribution in [2.45, 2.75) is 20.5 Å².